The molecule has 0 amide bonds. The van der Waals surface area contributed by atoms with Gasteiger partial charge < -0.3 is 10.1 Å². The van der Waals surface area contributed by atoms with Crippen LogP contribution in [0.3, 0.4) is 0 Å². The molecule has 4 aromatic rings. The Morgan fingerprint density at radius 3 is 2.77 bits per heavy atom. The fourth-order valence-electron chi connectivity index (χ4n) is 4.54. The molecule has 4 rings (SSSR count). The Balaban J connectivity index is 1.94. The third kappa shape index (κ3) is 3.20. The number of nitrogens with zero attached hydrogens (tertiary/aromatic N) is 3. The number of pyridine rings is 1. The molecule has 1 aromatic carbocycles. The third-order valence-corrected chi connectivity index (χ3v) is 5.89. The number of fused-ring (bicyclic) bond motifs is 2. The van der Waals surface area contributed by atoms with E-state index in [4.69, 9.17) is 0 Å². The molecule has 0 bridgehead atoms. The Kier molecular flexibility index (Phi) is 5.20. The number of carbonyl (C=O) groups is 1. The highest BCUT2D eigenvalue weighted by Gasteiger charge is 2.26. The molecule has 0 aliphatic heterocycles. The van der Waals surface area contributed by atoms with Gasteiger partial charge in [0.25, 0.3) is 0 Å². The van der Waals surface area contributed by atoms with Gasteiger partial charge in [0.1, 0.15) is 0 Å². The molecule has 0 radical (unpaired) electrons. The van der Waals surface area contributed by atoms with Crippen molar-refractivity contribution in [3.05, 3.63) is 64.5 Å². The number of aromatic nitrogens is 4. The Morgan fingerprint density at radius 1 is 1.23 bits per heavy atom. The van der Waals surface area contributed by atoms with Gasteiger partial charge in [0.05, 0.1) is 29.7 Å². The molecule has 0 fully saturated rings. The minimum atomic E-state index is -0.907. The van der Waals surface area contributed by atoms with E-state index in [2.05, 4.69) is 23.0 Å². The maximum Gasteiger partial charge on any atom is 0.329 e. The first-order valence-corrected chi connectivity index (χ1v) is 10.3. The lowest BCUT2D eigenvalue weighted by Gasteiger charge is -2.16. The van der Waals surface area contributed by atoms with Crippen LogP contribution in [0.25, 0.3) is 21.9 Å². The zero-order valence-electron chi connectivity index (χ0n) is 17.4. The predicted molar refractivity (Wildman–Crippen MR) is 117 cm³/mol. The van der Waals surface area contributed by atoms with E-state index in [-0.39, 0.29) is 18.2 Å². The smallest absolute Gasteiger partial charge is 0.329 e. The van der Waals surface area contributed by atoms with Crippen LogP contribution in [-0.2, 0) is 4.79 Å². The van der Waals surface area contributed by atoms with Gasteiger partial charge in [0.15, 0.2) is 0 Å². The molecule has 1 unspecified atom stereocenters. The quantitative estimate of drug-likeness (QED) is 0.475. The third-order valence-electron chi connectivity index (χ3n) is 5.89. The lowest BCUT2D eigenvalue weighted by molar-refractivity contribution is -0.137. The van der Waals surface area contributed by atoms with Crippen molar-refractivity contribution in [2.45, 2.75) is 52.1 Å². The summed E-state index contributed by atoms with van der Waals surface area (Å²) in [6.45, 7) is 6.06. The van der Waals surface area contributed by atoms with Gasteiger partial charge in [-0.2, -0.15) is 0 Å². The standard InChI is InChI=1S/C23H26N4O3/c1-4-6-16(11-21(28)29)27-19-9-10-24-13-20(19)26(23(27)30)15(3)17-12-25-18-8-5-7-14(2)22(17)18/h5,7-10,12-13,15-16,25H,4,6,11H2,1-3H3,(H,28,29)/t15-,16?/m0/s1. The molecule has 2 N–H and O–H groups in total. The van der Waals surface area contributed by atoms with E-state index in [1.165, 1.54) is 0 Å². The summed E-state index contributed by atoms with van der Waals surface area (Å²) in [5.41, 5.74) is 4.43. The zero-order chi connectivity index (χ0) is 21.4. The van der Waals surface area contributed by atoms with Crippen LogP contribution in [0, 0.1) is 6.92 Å². The summed E-state index contributed by atoms with van der Waals surface area (Å²) < 4.78 is 3.38. The van der Waals surface area contributed by atoms with Crippen LogP contribution in [0.1, 0.15) is 56.3 Å². The Bertz CT molecular complexity index is 1280. The first kappa shape index (κ1) is 19.9. The minimum absolute atomic E-state index is 0.0875. The SMILES string of the molecule is CCCC(CC(=O)O)n1c(=O)n([C@@H](C)c2c[nH]c3cccc(C)c23)c2cnccc21. The van der Waals surface area contributed by atoms with Crippen LogP contribution in [0.15, 0.2) is 47.7 Å². The highest BCUT2D eigenvalue weighted by Crippen LogP contribution is 2.31. The fourth-order valence-corrected chi connectivity index (χ4v) is 4.54. The van der Waals surface area contributed by atoms with E-state index < -0.39 is 12.0 Å². The molecule has 7 heteroatoms. The lowest BCUT2D eigenvalue weighted by atomic mass is 10.0. The van der Waals surface area contributed by atoms with Crippen LogP contribution in [0.4, 0.5) is 0 Å². The number of nitrogens with one attached hydrogen (secondary N) is 1. The normalized spacial score (nSPS) is 13.7. The molecule has 3 aromatic heterocycles. The summed E-state index contributed by atoms with van der Waals surface area (Å²) in [4.78, 5) is 32.7. The lowest BCUT2D eigenvalue weighted by Crippen LogP contribution is -2.30. The number of benzene rings is 1. The van der Waals surface area contributed by atoms with Gasteiger partial charge in [-0.25, -0.2) is 4.79 Å². The molecular weight excluding hydrogens is 380 g/mol. The summed E-state index contributed by atoms with van der Waals surface area (Å²) in [5.74, 6) is -0.907. The summed E-state index contributed by atoms with van der Waals surface area (Å²) >= 11 is 0. The molecule has 0 aliphatic rings. The molecule has 7 nitrogen and oxygen atoms in total. The molecule has 0 aliphatic carbocycles. The summed E-state index contributed by atoms with van der Waals surface area (Å²) in [5, 5.41) is 10.5. The predicted octanol–water partition coefficient (Wildman–Crippen LogP) is 4.41. The van der Waals surface area contributed by atoms with E-state index in [1.54, 1.807) is 27.6 Å². The van der Waals surface area contributed by atoms with Crippen LogP contribution in [0.2, 0.25) is 0 Å². The highest BCUT2D eigenvalue weighted by atomic mass is 16.4. The average Bonchev–Trinajstić information content (AvgIpc) is 3.26. The van der Waals surface area contributed by atoms with Crippen molar-refractivity contribution in [3.8, 4) is 0 Å². The van der Waals surface area contributed by atoms with Crippen LogP contribution in [0.5, 0.6) is 0 Å². The summed E-state index contributed by atoms with van der Waals surface area (Å²) in [7, 11) is 0. The summed E-state index contributed by atoms with van der Waals surface area (Å²) in [6.07, 6.45) is 6.61. The number of rotatable bonds is 7. The number of hydrogen-bond acceptors (Lipinski definition) is 3. The molecule has 156 valence electrons. The van der Waals surface area contributed by atoms with E-state index in [1.807, 2.05) is 32.2 Å². The van der Waals surface area contributed by atoms with E-state index in [9.17, 15) is 14.7 Å². The second kappa shape index (κ2) is 7.82. The topological polar surface area (TPSA) is 92.9 Å². The first-order chi connectivity index (χ1) is 14.4. The van der Waals surface area contributed by atoms with Gasteiger partial charge >= 0.3 is 11.7 Å². The van der Waals surface area contributed by atoms with Crippen molar-refractivity contribution < 1.29 is 9.90 Å². The molecule has 30 heavy (non-hydrogen) atoms. The van der Waals surface area contributed by atoms with Crippen molar-refractivity contribution in [1.29, 1.82) is 0 Å². The number of carboxylic acid groups (broad SMARTS) is 1. The van der Waals surface area contributed by atoms with Crippen LogP contribution >= 0.6 is 0 Å². The van der Waals surface area contributed by atoms with Gasteiger partial charge in [-0.15, -0.1) is 0 Å². The number of aromatic amines is 1. The first-order valence-electron chi connectivity index (χ1n) is 10.3. The zero-order valence-corrected chi connectivity index (χ0v) is 17.4. The number of carboxylic acids is 1. The maximum absolute atomic E-state index is 13.6. The maximum atomic E-state index is 13.6. The van der Waals surface area contributed by atoms with Gasteiger partial charge in [0.2, 0.25) is 0 Å². The summed E-state index contributed by atoms with van der Waals surface area (Å²) in [6, 6.07) is 7.24. The average molecular weight is 406 g/mol. The van der Waals surface area contributed by atoms with Crippen molar-refractivity contribution in [2.24, 2.45) is 0 Å². The number of aryl methyl sites for hydroxylation is 1. The second-order valence-corrected chi connectivity index (χ2v) is 7.84. The number of hydrogen-bond donors (Lipinski definition) is 2. The molecule has 0 saturated carbocycles. The molecule has 2 atom stereocenters. The van der Waals surface area contributed by atoms with Crippen molar-refractivity contribution in [2.75, 3.05) is 0 Å². The van der Waals surface area contributed by atoms with E-state index in [0.29, 0.717) is 11.9 Å². The fraction of sp³-hybridized carbons (Fsp3) is 0.348. The van der Waals surface area contributed by atoms with Gasteiger partial charge in [-0.05, 0) is 38.0 Å². The van der Waals surface area contributed by atoms with Crippen LogP contribution < -0.4 is 5.69 Å². The number of aliphatic carboxylic acids is 1. The van der Waals surface area contributed by atoms with Gasteiger partial charge in [-0.1, -0.05) is 25.5 Å². The monoisotopic (exact) mass is 406 g/mol. The second-order valence-electron chi connectivity index (χ2n) is 7.84. The Hall–Kier alpha value is -3.35. The van der Waals surface area contributed by atoms with Crippen molar-refractivity contribution in [1.82, 2.24) is 19.1 Å². The Morgan fingerprint density at radius 2 is 2.03 bits per heavy atom. The van der Waals surface area contributed by atoms with E-state index >= 15 is 0 Å². The Labute approximate surface area is 174 Å². The van der Waals surface area contributed by atoms with Crippen molar-refractivity contribution >= 4 is 27.9 Å². The molecule has 3 heterocycles. The molecular formula is C23H26N4O3. The van der Waals surface area contributed by atoms with Gasteiger partial charge in [-0.3, -0.25) is 18.9 Å². The van der Waals surface area contributed by atoms with E-state index in [0.717, 1.165) is 34.0 Å². The van der Waals surface area contributed by atoms with Gasteiger partial charge in [0, 0.05) is 34.9 Å². The highest BCUT2D eigenvalue weighted by molar-refractivity contribution is 5.87. The number of H-pyrrole nitrogens is 1. The van der Waals surface area contributed by atoms with Crippen molar-refractivity contribution in [3.63, 3.8) is 0 Å². The largest absolute Gasteiger partial charge is 0.481 e. The molecule has 0 spiro atoms. The molecule has 0 saturated heterocycles. The minimum Gasteiger partial charge on any atom is -0.481 e. The van der Waals surface area contributed by atoms with Crippen LogP contribution in [-0.4, -0.2) is 30.2 Å². The number of imidazole rings is 1.